The molecule has 0 radical (unpaired) electrons. The Kier molecular flexibility index (Phi) is 3.85. The molecule has 19 heavy (non-hydrogen) atoms. The molecule has 0 saturated heterocycles. The van der Waals surface area contributed by atoms with Gasteiger partial charge in [0.15, 0.2) is 11.5 Å². The van der Waals surface area contributed by atoms with Gasteiger partial charge in [-0.05, 0) is 44.8 Å². The summed E-state index contributed by atoms with van der Waals surface area (Å²) < 4.78 is 5.39. The van der Waals surface area contributed by atoms with E-state index in [4.69, 9.17) is 4.42 Å². The van der Waals surface area contributed by atoms with Gasteiger partial charge in [-0.1, -0.05) is 6.07 Å². The van der Waals surface area contributed by atoms with Crippen LogP contribution >= 0.6 is 0 Å². The number of oxazole rings is 1. The summed E-state index contributed by atoms with van der Waals surface area (Å²) in [5, 5.41) is 9.35. The van der Waals surface area contributed by atoms with Crippen LogP contribution in [0.4, 0.5) is 0 Å². The van der Waals surface area contributed by atoms with Crippen LogP contribution in [0.5, 0.6) is 0 Å². The fourth-order valence-electron chi connectivity index (χ4n) is 2.10. The van der Waals surface area contributed by atoms with Crippen LogP contribution in [0.15, 0.2) is 22.6 Å². The highest BCUT2D eigenvalue weighted by Crippen LogP contribution is 2.25. The van der Waals surface area contributed by atoms with Gasteiger partial charge in [0.1, 0.15) is 5.52 Å². The highest BCUT2D eigenvalue weighted by molar-refractivity contribution is 5.80. The molecule has 5 heteroatoms. The van der Waals surface area contributed by atoms with Gasteiger partial charge in [-0.2, -0.15) is 0 Å². The molecule has 0 saturated carbocycles. The molecular formula is C14H18N2O3. The number of carboxylic acid groups (broad SMARTS) is 1. The monoisotopic (exact) mass is 262 g/mol. The lowest BCUT2D eigenvalue weighted by molar-refractivity contribution is -0.139. The maximum absolute atomic E-state index is 11.4. The third-order valence-electron chi connectivity index (χ3n) is 3.08. The molecule has 0 spiro atoms. The van der Waals surface area contributed by atoms with Crippen LogP contribution in [0, 0.1) is 6.92 Å². The van der Waals surface area contributed by atoms with Crippen LogP contribution in [-0.4, -0.2) is 41.6 Å². The van der Waals surface area contributed by atoms with Gasteiger partial charge in [0.2, 0.25) is 0 Å². The number of fused-ring (bicyclic) bond motifs is 1. The molecule has 1 aromatic heterocycles. The van der Waals surface area contributed by atoms with Crippen molar-refractivity contribution in [3.63, 3.8) is 0 Å². The third-order valence-corrected chi connectivity index (χ3v) is 3.08. The topological polar surface area (TPSA) is 66.6 Å². The van der Waals surface area contributed by atoms with Gasteiger partial charge in [-0.15, -0.1) is 0 Å². The number of rotatable bonds is 5. The van der Waals surface area contributed by atoms with Gasteiger partial charge in [-0.25, -0.2) is 4.98 Å². The standard InChI is InChI=1S/C14H18N2O3/c1-9-15-12-8-10(4-5-13(12)19-9)11(14(17)18)6-7-16(2)3/h4-5,8,11H,6-7H2,1-3H3,(H,17,18). The minimum absolute atomic E-state index is 0.510. The Labute approximate surface area is 111 Å². The quantitative estimate of drug-likeness (QED) is 0.895. The number of benzene rings is 1. The van der Waals surface area contributed by atoms with Crippen LogP contribution in [0.1, 0.15) is 23.8 Å². The first kappa shape index (κ1) is 13.5. The fourth-order valence-corrected chi connectivity index (χ4v) is 2.10. The number of carboxylic acids is 1. The predicted octanol–water partition coefficient (Wildman–Crippen LogP) is 2.26. The van der Waals surface area contributed by atoms with E-state index in [1.54, 1.807) is 25.1 Å². The van der Waals surface area contributed by atoms with Crippen molar-refractivity contribution in [2.45, 2.75) is 19.3 Å². The molecule has 1 atom stereocenters. The average Bonchev–Trinajstić information content (AvgIpc) is 2.67. The van der Waals surface area contributed by atoms with E-state index in [-0.39, 0.29) is 0 Å². The van der Waals surface area contributed by atoms with E-state index in [1.807, 2.05) is 19.0 Å². The van der Waals surface area contributed by atoms with Crippen molar-refractivity contribution < 1.29 is 14.3 Å². The molecular weight excluding hydrogens is 244 g/mol. The summed E-state index contributed by atoms with van der Waals surface area (Å²) in [6.07, 6.45) is 0.574. The molecule has 0 aliphatic rings. The second-order valence-corrected chi connectivity index (χ2v) is 4.94. The number of aromatic nitrogens is 1. The van der Waals surface area contributed by atoms with Gasteiger partial charge in [-0.3, -0.25) is 4.79 Å². The summed E-state index contributed by atoms with van der Waals surface area (Å²) >= 11 is 0. The smallest absolute Gasteiger partial charge is 0.311 e. The number of aryl methyl sites for hydroxylation is 1. The maximum atomic E-state index is 11.4. The molecule has 1 heterocycles. The zero-order valence-electron chi connectivity index (χ0n) is 11.4. The van der Waals surface area contributed by atoms with Crippen LogP contribution in [0.25, 0.3) is 11.1 Å². The van der Waals surface area contributed by atoms with Crippen molar-refractivity contribution in [2.24, 2.45) is 0 Å². The Bertz CT molecular complexity index is 589. The van der Waals surface area contributed by atoms with Gasteiger partial charge in [0, 0.05) is 6.92 Å². The Morgan fingerprint density at radius 3 is 2.84 bits per heavy atom. The third kappa shape index (κ3) is 3.12. The van der Waals surface area contributed by atoms with Crippen molar-refractivity contribution in [1.82, 2.24) is 9.88 Å². The van der Waals surface area contributed by atoms with Crippen LogP contribution in [0.2, 0.25) is 0 Å². The maximum Gasteiger partial charge on any atom is 0.311 e. The SMILES string of the molecule is Cc1nc2cc(C(CCN(C)C)C(=O)O)ccc2o1. The van der Waals surface area contributed by atoms with Crippen LogP contribution in [-0.2, 0) is 4.79 Å². The number of nitrogens with zero attached hydrogens (tertiary/aromatic N) is 2. The molecule has 0 aliphatic carbocycles. The first-order chi connectivity index (χ1) is 8.97. The van der Waals surface area contributed by atoms with Crippen molar-refractivity contribution in [3.8, 4) is 0 Å². The zero-order valence-corrected chi connectivity index (χ0v) is 11.4. The molecule has 5 nitrogen and oxygen atoms in total. The van der Waals surface area contributed by atoms with E-state index in [0.29, 0.717) is 23.4 Å². The second kappa shape index (κ2) is 5.40. The van der Waals surface area contributed by atoms with E-state index in [1.165, 1.54) is 0 Å². The predicted molar refractivity (Wildman–Crippen MR) is 72.3 cm³/mol. The summed E-state index contributed by atoms with van der Waals surface area (Å²) in [4.78, 5) is 17.6. The Morgan fingerprint density at radius 2 is 2.21 bits per heavy atom. The van der Waals surface area contributed by atoms with E-state index < -0.39 is 11.9 Å². The van der Waals surface area contributed by atoms with Crippen LogP contribution in [0.3, 0.4) is 0 Å². The Hall–Kier alpha value is -1.88. The van der Waals surface area contributed by atoms with Crippen molar-refractivity contribution in [1.29, 1.82) is 0 Å². The van der Waals surface area contributed by atoms with Crippen LogP contribution < -0.4 is 0 Å². The van der Waals surface area contributed by atoms with E-state index in [0.717, 1.165) is 12.1 Å². The minimum atomic E-state index is -0.804. The first-order valence-electron chi connectivity index (χ1n) is 6.22. The summed E-state index contributed by atoms with van der Waals surface area (Å²) in [6, 6.07) is 5.40. The first-order valence-corrected chi connectivity index (χ1v) is 6.22. The summed E-state index contributed by atoms with van der Waals surface area (Å²) in [6.45, 7) is 2.51. The molecule has 0 fully saturated rings. The van der Waals surface area contributed by atoms with E-state index in [2.05, 4.69) is 4.98 Å². The number of hydrogen-bond donors (Lipinski definition) is 1. The lowest BCUT2D eigenvalue weighted by atomic mass is 9.95. The molecule has 102 valence electrons. The molecule has 0 amide bonds. The summed E-state index contributed by atoms with van der Waals surface area (Å²) in [5.74, 6) is -0.725. The fraction of sp³-hybridized carbons (Fsp3) is 0.429. The Balaban J connectivity index is 2.30. The lowest BCUT2D eigenvalue weighted by Crippen LogP contribution is -2.20. The van der Waals surface area contributed by atoms with Crippen molar-refractivity contribution in [3.05, 3.63) is 29.7 Å². The lowest BCUT2D eigenvalue weighted by Gasteiger charge is -2.15. The largest absolute Gasteiger partial charge is 0.481 e. The van der Waals surface area contributed by atoms with E-state index in [9.17, 15) is 9.90 Å². The molecule has 2 aromatic rings. The van der Waals surface area contributed by atoms with Gasteiger partial charge in [0.05, 0.1) is 5.92 Å². The average molecular weight is 262 g/mol. The molecule has 2 rings (SSSR count). The van der Waals surface area contributed by atoms with E-state index >= 15 is 0 Å². The molecule has 0 bridgehead atoms. The number of carbonyl (C=O) groups is 1. The zero-order chi connectivity index (χ0) is 14.0. The minimum Gasteiger partial charge on any atom is -0.481 e. The van der Waals surface area contributed by atoms with Crippen molar-refractivity contribution in [2.75, 3.05) is 20.6 Å². The normalized spacial score (nSPS) is 13.1. The molecule has 1 aromatic carbocycles. The van der Waals surface area contributed by atoms with Crippen molar-refractivity contribution >= 4 is 17.1 Å². The summed E-state index contributed by atoms with van der Waals surface area (Å²) in [7, 11) is 3.87. The summed E-state index contributed by atoms with van der Waals surface area (Å²) in [5.41, 5.74) is 2.18. The number of aliphatic carboxylic acids is 1. The second-order valence-electron chi connectivity index (χ2n) is 4.94. The molecule has 1 unspecified atom stereocenters. The highest BCUT2D eigenvalue weighted by atomic mass is 16.4. The Morgan fingerprint density at radius 1 is 1.47 bits per heavy atom. The van der Waals surface area contributed by atoms with Gasteiger partial charge >= 0.3 is 5.97 Å². The highest BCUT2D eigenvalue weighted by Gasteiger charge is 2.20. The molecule has 0 aliphatic heterocycles. The van der Waals surface area contributed by atoms with Gasteiger partial charge < -0.3 is 14.4 Å². The van der Waals surface area contributed by atoms with Gasteiger partial charge in [0.25, 0.3) is 0 Å². The number of hydrogen-bond acceptors (Lipinski definition) is 4. The molecule has 1 N–H and O–H groups in total.